The van der Waals surface area contributed by atoms with Crippen LogP contribution in [0, 0.1) is 5.82 Å². The lowest BCUT2D eigenvalue weighted by molar-refractivity contribution is 0.628. The van der Waals surface area contributed by atoms with E-state index in [0.29, 0.717) is 12.2 Å². The molecule has 0 aliphatic carbocycles. The molecule has 0 saturated heterocycles. The number of aromatic nitrogens is 3. The first-order chi connectivity index (χ1) is 9.83. The van der Waals surface area contributed by atoms with E-state index >= 15 is 0 Å². The highest BCUT2D eigenvalue weighted by atomic mass is 19.1. The van der Waals surface area contributed by atoms with Gasteiger partial charge in [0, 0.05) is 11.3 Å². The van der Waals surface area contributed by atoms with Crippen LogP contribution in [0.5, 0.6) is 0 Å². The standard InChI is InChI=1S/C15H13FN4/c16-12-7-4-8-13(9-12)17-10-14-15(19-20-18-14)11-5-2-1-3-6-11/h1-9,17H,10H2,(H,18,19,20). The summed E-state index contributed by atoms with van der Waals surface area (Å²) in [5.41, 5.74) is 3.30. The molecule has 0 bridgehead atoms. The third kappa shape index (κ3) is 2.66. The molecule has 0 saturated carbocycles. The lowest BCUT2D eigenvalue weighted by Gasteiger charge is -2.05. The zero-order chi connectivity index (χ0) is 13.8. The topological polar surface area (TPSA) is 53.6 Å². The van der Waals surface area contributed by atoms with Gasteiger partial charge in [-0.05, 0) is 18.2 Å². The second-order valence-corrected chi connectivity index (χ2v) is 4.35. The Morgan fingerprint density at radius 1 is 1.00 bits per heavy atom. The summed E-state index contributed by atoms with van der Waals surface area (Å²) < 4.78 is 13.1. The number of aromatic amines is 1. The van der Waals surface area contributed by atoms with Gasteiger partial charge in [-0.3, -0.25) is 0 Å². The number of benzene rings is 2. The summed E-state index contributed by atoms with van der Waals surface area (Å²) in [5.74, 6) is -0.265. The molecule has 0 unspecified atom stereocenters. The Balaban J connectivity index is 1.78. The molecule has 0 aliphatic rings. The number of rotatable bonds is 4. The van der Waals surface area contributed by atoms with E-state index in [9.17, 15) is 4.39 Å². The van der Waals surface area contributed by atoms with Crippen LogP contribution in [0.2, 0.25) is 0 Å². The fraction of sp³-hybridized carbons (Fsp3) is 0.0667. The average Bonchev–Trinajstić information content (AvgIpc) is 2.95. The maximum absolute atomic E-state index is 13.1. The lowest BCUT2D eigenvalue weighted by atomic mass is 10.1. The van der Waals surface area contributed by atoms with E-state index in [1.54, 1.807) is 6.07 Å². The van der Waals surface area contributed by atoms with Crippen LogP contribution in [0.15, 0.2) is 54.6 Å². The molecule has 0 aliphatic heterocycles. The zero-order valence-electron chi connectivity index (χ0n) is 10.7. The number of hydrogen-bond donors (Lipinski definition) is 2. The third-order valence-corrected chi connectivity index (χ3v) is 2.95. The number of H-pyrrole nitrogens is 1. The van der Waals surface area contributed by atoms with Crippen LogP contribution < -0.4 is 5.32 Å². The molecular weight excluding hydrogens is 255 g/mol. The van der Waals surface area contributed by atoms with E-state index in [-0.39, 0.29) is 5.82 Å². The van der Waals surface area contributed by atoms with Gasteiger partial charge in [0.1, 0.15) is 17.2 Å². The lowest BCUT2D eigenvalue weighted by Crippen LogP contribution is -2.01. The van der Waals surface area contributed by atoms with Crippen molar-refractivity contribution >= 4 is 5.69 Å². The molecule has 100 valence electrons. The predicted molar refractivity (Wildman–Crippen MR) is 75.5 cm³/mol. The minimum atomic E-state index is -0.265. The van der Waals surface area contributed by atoms with Crippen molar-refractivity contribution in [3.63, 3.8) is 0 Å². The highest BCUT2D eigenvalue weighted by molar-refractivity contribution is 5.61. The van der Waals surface area contributed by atoms with Crippen LogP contribution in [-0.2, 0) is 6.54 Å². The number of anilines is 1. The first kappa shape index (κ1) is 12.3. The molecule has 0 atom stereocenters. The van der Waals surface area contributed by atoms with Crippen molar-refractivity contribution in [3.8, 4) is 11.3 Å². The first-order valence-electron chi connectivity index (χ1n) is 6.27. The Morgan fingerprint density at radius 3 is 2.65 bits per heavy atom. The predicted octanol–water partition coefficient (Wildman–Crippen LogP) is 3.22. The summed E-state index contributed by atoms with van der Waals surface area (Å²) in [5, 5.41) is 14.1. The third-order valence-electron chi connectivity index (χ3n) is 2.95. The van der Waals surface area contributed by atoms with Gasteiger partial charge in [-0.1, -0.05) is 36.4 Å². The molecule has 5 heteroatoms. The summed E-state index contributed by atoms with van der Waals surface area (Å²) in [6.45, 7) is 0.476. The minimum absolute atomic E-state index is 0.265. The molecule has 4 nitrogen and oxygen atoms in total. The largest absolute Gasteiger partial charge is 0.379 e. The van der Waals surface area contributed by atoms with Crippen molar-refractivity contribution in [2.24, 2.45) is 0 Å². The van der Waals surface area contributed by atoms with Gasteiger partial charge in [0.25, 0.3) is 0 Å². The smallest absolute Gasteiger partial charge is 0.125 e. The summed E-state index contributed by atoms with van der Waals surface area (Å²) in [6, 6.07) is 16.1. The number of hydrogen-bond acceptors (Lipinski definition) is 3. The van der Waals surface area contributed by atoms with Gasteiger partial charge in [-0.15, -0.1) is 0 Å². The molecule has 0 radical (unpaired) electrons. The van der Waals surface area contributed by atoms with Gasteiger partial charge in [-0.25, -0.2) is 4.39 Å². The summed E-state index contributed by atoms with van der Waals surface area (Å²) in [7, 11) is 0. The van der Waals surface area contributed by atoms with Crippen LogP contribution in [0.3, 0.4) is 0 Å². The second-order valence-electron chi connectivity index (χ2n) is 4.35. The Kier molecular flexibility index (Phi) is 3.41. The van der Waals surface area contributed by atoms with E-state index in [1.165, 1.54) is 12.1 Å². The molecule has 1 heterocycles. The summed E-state index contributed by atoms with van der Waals surface area (Å²) >= 11 is 0. The van der Waals surface area contributed by atoms with Gasteiger partial charge in [0.15, 0.2) is 0 Å². The van der Waals surface area contributed by atoms with Crippen molar-refractivity contribution in [2.75, 3.05) is 5.32 Å². The number of nitrogens with one attached hydrogen (secondary N) is 2. The monoisotopic (exact) mass is 268 g/mol. The maximum atomic E-state index is 13.1. The van der Waals surface area contributed by atoms with Crippen molar-refractivity contribution in [1.82, 2.24) is 15.4 Å². The van der Waals surface area contributed by atoms with Crippen molar-refractivity contribution in [2.45, 2.75) is 6.54 Å². The second kappa shape index (κ2) is 5.52. The van der Waals surface area contributed by atoms with E-state index in [4.69, 9.17) is 0 Å². The van der Waals surface area contributed by atoms with Crippen LogP contribution in [0.1, 0.15) is 5.69 Å². The molecule has 3 rings (SSSR count). The molecule has 1 aromatic heterocycles. The maximum Gasteiger partial charge on any atom is 0.125 e. The molecule has 0 amide bonds. The van der Waals surface area contributed by atoms with Crippen molar-refractivity contribution in [1.29, 1.82) is 0 Å². The highest BCUT2D eigenvalue weighted by Gasteiger charge is 2.09. The Hall–Kier alpha value is -2.69. The average molecular weight is 268 g/mol. The molecular formula is C15H13FN4. The molecule has 2 N–H and O–H groups in total. The van der Waals surface area contributed by atoms with Crippen LogP contribution in [0.4, 0.5) is 10.1 Å². The van der Waals surface area contributed by atoms with E-state index in [1.807, 2.05) is 36.4 Å². The van der Waals surface area contributed by atoms with Crippen LogP contribution >= 0.6 is 0 Å². The first-order valence-corrected chi connectivity index (χ1v) is 6.27. The van der Waals surface area contributed by atoms with E-state index in [0.717, 1.165) is 17.0 Å². The fourth-order valence-corrected chi connectivity index (χ4v) is 1.99. The normalized spacial score (nSPS) is 10.4. The van der Waals surface area contributed by atoms with Crippen molar-refractivity contribution in [3.05, 3.63) is 66.1 Å². The summed E-state index contributed by atoms with van der Waals surface area (Å²) in [4.78, 5) is 0. The molecule has 3 aromatic rings. The van der Waals surface area contributed by atoms with Gasteiger partial charge in [0.05, 0.1) is 6.54 Å². The van der Waals surface area contributed by atoms with Crippen LogP contribution in [0.25, 0.3) is 11.3 Å². The Bertz CT molecular complexity index is 694. The Morgan fingerprint density at radius 2 is 1.85 bits per heavy atom. The van der Waals surface area contributed by atoms with Gasteiger partial charge < -0.3 is 5.32 Å². The molecule has 0 fully saturated rings. The SMILES string of the molecule is Fc1cccc(NCc2n[nH]nc2-c2ccccc2)c1. The van der Waals surface area contributed by atoms with Crippen molar-refractivity contribution < 1.29 is 4.39 Å². The number of halogens is 1. The Labute approximate surface area is 115 Å². The van der Waals surface area contributed by atoms with Gasteiger partial charge >= 0.3 is 0 Å². The zero-order valence-corrected chi connectivity index (χ0v) is 10.7. The van der Waals surface area contributed by atoms with Crippen LogP contribution in [-0.4, -0.2) is 15.4 Å². The van der Waals surface area contributed by atoms with E-state index < -0.39 is 0 Å². The molecule has 2 aromatic carbocycles. The minimum Gasteiger partial charge on any atom is -0.379 e. The highest BCUT2D eigenvalue weighted by Crippen LogP contribution is 2.20. The quantitative estimate of drug-likeness (QED) is 0.764. The number of nitrogens with zero attached hydrogens (tertiary/aromatic N) is 2. The molecule has 0 spiro atoms. The molecule has 20 heavy (non-hydrogen) atoms. The van der Waals surface area contributed by atoms with Gasteiger partial charge in [0.2, 0.25) is 0 Å². The van der Waals surface area contributed by atoms with E-state index in [2.05, 4.69) is 20.7 Å². The van der Waals surface area contributed by atoms with Gasteiger partial charge in [-0.2, -0.15) is 15.4 Å². The summed E-state index contributed by atoms with van der Waals surface area (Å²) in [6.07, 6.45) is 0. The fourth-order valence-electron chi connectivity index (χ4n) is 1.99.